The average molecular weight is 181 g/mol. The highest BCUT2D eigenvalue weighted by Crippen LogP contribution is 2.34. The van der Waals surface area contributed by atoms with Gasteiger partial charge in [-0.05, 0) is 18.8 Å². The average Bonchev–Trinajstić information content (AvgIpc) is 2.79. The predicted molar refractivity (Wildman–Crippen MR) is 49.7 cm³/mol. The second-order valence-corrected chi connectivity index (χ2v) is 4.14. The molecular formula is C9H15N3O. The molecule has 4 heteroatoms. The van der Waals surface area contributed by atoms with Gasteiger partial charge in [-0.2, -0.15) is 5.10 Å². The van der Waals surface area contributed by atoms with Crippen molar-refractivity contribution >= 4 is 0 Å². The number of H-pyrrole nitrogens is 1. The number of nitrogens with zero attached hydrogens (tertiary/aromatic N) is 2. The van der Waals surface area contributed by atoms with Crippen LogP contribution >= 0.6 is 0 Å². The Balaban J connectivity index is 2.28. The largest absolute Gasteiger partial charge is 0.343 e. The number of nitrogens with one attached hydrogen (secondary N) is 1. The van der Waals surface area contributed by atoms with Gasteiger partial charge in [0.25, 0.3) is 0 Å². The summed E-state index contributed by atoms with van der Waals surface area (Å²) in [5.41, 5.74) is -0.0434. The number of rotatable bonds is 3. The first-order valence-corrected chi connectivity index (χ1v) is 4.84. The lowest BCUT2D eigenvalue weighted by Gasteiger charge is -2.05. The van der Waals surface area contributed by atoms with E-state index in [1.165, 1.54) is 0 Å². The quantitative estimate of drug-likeness (QED) is 0.759. The molecule has 1 aromatic heterocycles. The van der Waals surface area contributed by atoms with Crippen LogP contribution in [0.25, 0.3) is 0 Å². The molecule has 0 aromatic carbocycles. The van der Waals surface area contributed by atoms with Gasteiger partial charge >= 0.3 is 5.69 Å². The van der Waals surface area contributed by atoms with Gasteiger partial charge in [-0.1, -0.05) is 13.8 Å². The highest BCUT2D eigenvalue weighted by Gasteiger charge is 2.28. The van der Waals surface area contributed by atoms with E-state index in [-0.39, 0.29) is 5.69 Å². The lowest BCUT2D eigenvalue weighted by atomic mass is 10.1. The van der Waals surface area contributed by atoms with Gasteiger partial charge in [0.05, 0.1) is 0 Å². The van der Waals surface area contributed by atoms with E-state index in [0.29, 0.717) is 12.0 Å². The molecule has 0 atom stereocenters. The van der Waals surface area contributed by atoms with E-state index >= 15 is 0 Å². The first-order chi connectivity index (χ1) is 6.18. The molecule has 1 aliphatic carbocycles. The van der Waals surface area contributed by atoms with Crippen molar-refractivity contribution in [2.45, 2.75) is 39.2 Å². The molecule has 1 fully saturated rings. The predicted octanol–water partition coefficient (Wildman–Crippen LogP) is 1.10. The van der Waals surface area contributed by atoms with Crippen molar-refractivity contribution in [1.29, 1.82) is 0 Å². The fourth-order valence-electron chi connectivity index (χ4n) is 1.56. The minimum absolute atomic E-state index is 0.0434. The summed E-state index contributed by atoms with van der Waals surface area (Å²) in [7, 11) is 0. The minimum atomic E-state index is -0.0434. The zero-order valence-electron chi connectivity index (χ0n) is 8.08. The van der Waals surface area contributed by atoms with Crippen LogP contribution in [0.2, 0.25) is 0 Å². The summed E-state index contributed by atoms with van der Waals surface area (Å²) in [6, 6.07) is 0.431. The second-order valence-electron chi connectivity index (χ2n) is 4.14. The van der Waals surface area contributed by atoms with Gasteiger partial charge in [-0.3, -0.25) is 4.57 Å². The molecule has 72 valence electrons. The third-order valence-corrected chi connectivity index (χ3v) is 2.28. The highest BCUT2D eigenvalue weighted by atomic mass is 16.1. The van der Waals surface area contributed by atoms with Crippen LogP contribution < -0.4 is 5.69 Å². The second kappa shape index (κ2) is 3.01. The van der Waals surface area contributed by atoms with Crippen LogP contribution in [0.5, 0.6) is 0 Å². The third-order valence-electron chi connectivity index (χ3n) is 2.28. The number of hydrogen-bond acceptors (Lipinski definition) is 2. The topological polar surface area (TPSA) is 50.7 Å². The molecule has 0 bridgehead atoms. The maximum absolute atomic E-state index is 11.3. The van der Waals surface area contributed by atoms with E-state index in [1.807, 2.05) is 4.57 Å². The molecule has 1 aromatic rings. The van der Waals surface area contributed by atoms with E-state index in [2.05, 4.69) is 24.0 Å². The first kappa shape index (κ1) is 8.53. The molecule has 0 spiro atoms. The van der Waals surface area contributed by atoms with Crippen LogP contribution in [-0.4, -0.2) is 14.8 Å². The van der Waals surface area contributed by atoms with Gasteiger partial charge in [0.15, 0.2) is 0 Å². The van der Waals surface area contributed by atoms with Gasteiger partial charge in [-0.15, -0.1) is 0 Å². The monoisotopic (exact) mass is 181 g/mol. The number of hydrogen-bond donors (Lipinski definition) is 1. The van der Waals surface area contributed by atoms with Crippen LogP contribution in [0, 0.1) is 5.92 Å². The van der Waals surface area contributed by atoms with Crippen LogP contribution in [0.1, 0.15) is 38.6 Å². The molecule has 2 rings (SSSR count). The molecule has 1 heterocycles. The Morgan fingerprint density at radius 3 is 2.85 bits per heavy atom. The van der Waals surface area contributed by atoms with Gasteiger partial charge in [0.2, 0.25) is 0 Å². The Bertz CT molecular complexity index is 346. The van der Waals surface area contributed by atoms with Crippen molar-refractivity contribution < 1.29 is 0 Å². The zero-order valence-corrected chi connectivity index (χ0v) is 8.08. The fraction of sp³-hybridized carbons (Fsp3) is 0.778. The minimum Gasteiger partial charge on any atom is -0.276 e. The Morgan fingerprint density at radius 1 is 1.62 bits per heavy atom. The van der Waals surface area contributed by atoms with E-state index in [0.717, 1.165) is 25.1 Å². The third kappa shape index (κ3) is 1.66. The Kier molecular flexibility index (Phi) is 1.98. The normalized spacial score (nSPS) is 16.8. The van der Waals surface area contributed by atoms with Crippen molar-refractivity contribution in [1.82, 2.24) is 14.8 Å². The van der Waals surface area contributed by atoms with Crippen molar-refractivity contribution in [3.8, 4) is 0 Å². The van der Waals surface area contributed by atoms with Crippen LogP contribution in [0.3, 0.4) is 0 Å². The Labute approximate surface area is 77.0 Å². The molecule has 13 heavy (non-hydrogen) atoms. The molecule has 0 amide bonds. The standard InChI is InChI=1S/C9H15N3O/c1-6(2)5-8-10-11-9(13)12(8)7-3-4-7/h6-7H,3-5H2,1-2H3,(H,11,13). The molecule has 1 saturated carbocycles. The first-order valence-electron chi connectivity index (χ1n) is 4.84. The summed E-state index contributed by atoms with van der Waals surface area (Å²) in [5.74, 6) is 1.47. The van der Waals surface area contributed by atoms with E-state index in [4.69, 9.17) is 0 Å². The molecular weight excluding hydrogens is 166 g/mol. The summed E-state index contributed by atoms with van der Waals surface area (Å²) in [6.07, 6.45) is 3.14. The van der Waals surface area contributed by atoms with Crippen molar-refractivity contribution in [2.24, 2.45) is 5.92 Å². The van der Waals surface area contributed by atoms with Gasteiger partial charge in [0, 0.05) is 12.5 Å². The SMILES string of the molecule is CC(C)Cc1n[nH]c(=O)n1C1CC1. The van der Waals surface area contributed by atoms with Crippen molar-refractivity contribution in [3.05, 3.63) is 16.3 Å². The highest BCUT2D eigenvalue weighted by molar-refractivity contribution is 4.95. The summed E-state index contributed by atoms with van der Waals surface area (Å²) >= 11 is 0. The summed E-state index contributed by atoms with van der Waals surface area (Å²) in [6.45, 7) is 4.27. The fourth-order valence-corrected chi connectivity index (χ4v) is 1.56. The van der Waals surface area contributed by atoms with Gasteiger partial charge < -0.3 is 0 Å². The van der Waals surface area contributed by atoms with Crippen LogP contribution in [0.4, 0.5) is 0 Å². The number of aromatic nitrogens is 3. The smallest absolute Gasteiger partial charge is 0.276 e. The molecule has 4 nitrogen and oxygen atoms in total. The molecule has 0 saturated heterocycles. The summed E-state index contributed by atoms with van der Waals surface area (Å²) in [4.78, 5) is 11.3. The Hall–Kier alpha value is -1.06. The van der Waals surface area contributed by atoms with E-state index in [9.17, 15) is 4.79 Å². The summed E-state index contributed by atoms with van der Waals surface area (Å²) < 4.78 is 1.82. The molecule has 0 aliphatic heterocycles. The lowest BCUT2D eigenvalue weighted by Crippen LogP contribution is -2.18. The van der Waals surface area contributed by atoms with Crippen molar-refractivity contribution in [3.63, 3.8) is 0 Å². The lowest BCUT2D eigenvalue weighted by molar-refractivity contribution is 0.572. The number of aromatic amines is 1. The van der Waals surface area contributed by atoms with E-state index in [1.54, 1.807) is 0 Å². The molecule has 0 unspecified atom stereocenters. The van der Waals surface area contributed by atoms with Crippen molar-refractivity contribution in [2.75, 3.05) is 0 Å². The Morgan fingerprint density at radius 2 is 2.31 bits per heavy atom. The van der Waals surface area contributed by atoms with Gasteiger partial charge in [0.1, 0.15) is 5.82 Å². The maximum Gasteiger partial charge on any atom is 0.343 e. The summed E-state index contributed by atoms with van der Waals surface area (Å²) in [5, 5.41) is 6.56. The zero-order chi connectivity index (χ0) is 9.42. The van der Waals surface area contributed by atoms with E-state index < -0.39 is 0 Å². The van der Waals surface area contributed by atoms with Crippen LogP contribution in [-0.2, 0) is 6.42 Å². The molecule has 1 aliphatic rings. The molecule has 1 N–H and O–H groups in total. The van der Waals surface area contributed by atoms with Gasteiger partial charge in [-0.25, -0.2) is 9.89 Å². The molecule has 0 radical (unpaired) electrons. The van der Waals surface area contributed by atoms with Crippen LogP contribution in [0.15, 0.2) is 4.79 Å². The maximum atomic E-state index is 11.3.